The second-order valence-electron chi connectivity index (χ2n) is 5.15. The van der Waals surface area contributed by atoms with Gasteiger partial charge in [0.05, 0.1) is 0 Å². The van der Waals surface area contributed by atoms with Crippen LogP contribution in [0.4, 0.5) is 0 Å². The zero-order chi connectivity index (χ0) is 14.4. The normalized spacial score (nSPS) is 17.6. The van der Waals surface area contributed by atoms with Crippen LogP contribution in [0.5, 0.6) is 5.75 Å². The van der Waals surface area contributed by atoms with Gasteiger partial charge in [-0.05, 0) is 38.7 Å². The Labute approximate surface area is 119 Å². The average molecular weight is 278 g/mol. The number of para-hydroxylation sites is 1. The number of carboxylic acids is 1. The lowest BCUT2D eigenvalue weighted by Crippen LogP contribution is -2.32. The maximum absolute atomic E-state index is 11.1. The summed E-state index contributed by atoms with van der Waals surface area (Å²) in [4.78, 5) is 15.8. The van der Waals surface area contributed by atoms with E-state index in [1.54, 1.807) is 24.3 Å². The van der Waals surface area contributed by atoms with Crippen LogP contribution in [-0.2, 0) is 0 Å². The van der Waals surface area contributed by atoms with E-state index in [1.165, 1.54) is 6.42 Å². The number of rotatable bonds is 5. The Bertz CT molecular complexity index is 450. The van der Waals surface area contributed by atoms with Gasteiger partial charge in [-0.1, -0.05) is 12.1 Å². The van der Waals surface area contributed by atoms with Crippen LogP contribution < -0.4 is 4.74 Å². The monoisotopic (exact) mass is 278 g/mol. The largest absolute Gasteiger partial charge is 0.491 e. The molecule has 0 aromatic heterocycles. The van der Waals surface area contributed by atoms with E-state index in [0.29, 0.717) is 12.4 Å². The lowest BCUT2D eigenvalue weighted by Gasteiger charge is -2.20. The number of nitrogens with zero attached hydrogens (tertiary/aromatic N) is 2. The fourth-order valence-electron chi connectivity index (χ4n) is 2.38. The molecule has 0 bridgehead atoms. The van der Waals surface area contributed by atoms with Crippen molar-refractivity contribution in [1.82, 2.24) is 9.80 Å². The summed E-state index contributed by atoms with van der Waals surface area (Å²) in [6.45, 7) is 5.69. The molecule has 1 aliphatic rings. The second-order valence-corrected chi connectivity index (χ2v) is 5.15. The molecule has 0 radical (unpaired) electrons. The topological polar surface area (TPSA) is 53.0 Å². The van der Waals surface area contributed by atoms with Crippen LogP contribution >= 0.6 is 0 Å². The number of aromatic carboxylic acids is 1. The zero-order valence-corrected chi connectivity index (χ0v) is 11.9. The van der Waals surface area contributed by atoms with Gasteiger partial charge in [-0.2, -0.15) is 0 Å². The van der Waals surface area contributed by atoms with Gasteiger partial charge in [0.15, 0.2) is 0 Å². The predicted molar refractivity (Wildman–Crippen MR) is 77.5 cm³/mol. The summed E-state index contributed by atoms with van der Waals surface area (Å²) >= 11 is 0. The Hall–Kier alpha value is -1.59. The standard InChI is InChI=1S/C15H22N2O3/c1-16-7-4-8-17(10-9-16)11-12-20-14-6-3-2-5-13(14)15(18)19/h2-3,5-6H,4,7-12H2,1H3,(H,18,19). The van der Waals surface area contributed by atoms with Crippen LogP contribution in [0.1, 0.15) is 16.8 Å². The number of benzene rings is 1. The number of ether oxygens (including phenoxy) is 1. The van der Waals surface area contributed by atoms with Gasteiger partial charge in [-0.25, -0.2) is 4.79 Å². The fourth-order valence-corrected chi connectivity index (χ4v) is 2.38. The van der Waals surface area contributed by atoms with Crippen molar-refractivity contribution < 1.29 is 14.6 Å². The summed E-state index contributed by atoms with van der Waals surface area (Å²) < 4.78 is 5.63. The molecule has 1 aromatic carbocycles. The molecule has 1 N–H and O–H groups in total. The summed E-state index contributed by atoms with van der Waals surface area (Å²) in [5.74, 6) is -0.496. The SMILES string of the molecule is CN1CCCN(CCOc2ccccc2C(=O)O)CC1. The van der Waals surface area contributed by atoms with Crippen LogP contribution in [0, 0.1) is 0 Å². The van der Waals surface area contributed by atoms with Crippen molar-refractivity contribution in [1.29, 1.82) is 0 Å². The first-order valence-electron chi connectivity index (χ1n) is 7.03. The number of likely N-dealkylation sites (N-methyl/N-ethyl adjacent to an activating group) is 1. The molecule has 110 valence electrons. The minimum atomic E-state index is -0.947. The summed E-state index contributed by atoms with van der Waals surface area (Å²) in [5.41, 5.74) is 0.225. The molecular weight excluding hydrogens is 256 g/mol. The minimum absolute atomic E-state index is 0.225. The highest BCUT2D eigenvalue weighted by Gasteiger charge is 2.13. The third-order valence-corrected chi connectivity index (χ3v) is 3.59. The van der Waals surface area contributed by atoms with Gasteiger partial charge in [-0.15, -0.1) is 0 Å². The van der Waals surface area contributed by atoms with Crippen molar-refractivity contribution in [3.05, 3.63) is 29.8 Å². The Morgan fingerprint density at radius 3 is 2.85 bits per heavy atom. The van der Waals surface area contributed by atoms with Gasteiger partial charge in [0.2, 0.25) is 0 Å². The molecule has 5 nitrogen and oxygen atoms in total. The van der Waals surface area contributed by atoms with E-state index in [0.717, 1.165) is 32.7 Å². The van der Waals surface area contributed by atoms with Crippen molar-refractivity contribution >= 4 is 5.97 Å². The molecule has 1 heterocycles. The van der Waals surface area contributed by atoms with E-state index in [9.17, 15) is 4.79 Å². The van der Waals surface area contributed by atoms with E-state index < -0.39 is 5.97 Å². The molecule has 2 rings (SSSR count). The number of hydrogen-bond donors (Lipinski definition) is 1. The molecule has 0 atom stereocenters. The van der Waals surface area contributed by atoms with Crippen LogP contribution in [-0.4, -0.2) is 67.3 Å². The van der Waals surface area contributed by atoms with Crippen molar-refractivity contribution in [2.45, 2.75) is 6.42 Å². The van der Waals surface area contributed by atoms with Crippen LogP contribution in [0.3, 0.4) is 0 Å². The third-order valence-electron chi connectivity index (χ3n) is 3.59. The molecule has 20 heavy (non-hydrogen) atoms. The maximum Gasteiger partial charge on any atom is 0.339 e. The predicted octanol–water partition coefficient (Wildman–Crippen LogP) is 1.40. The van der Waals surface area contributed by atoms with E-state index in [1.807, 2.05) is 0 Å². The molecule has 0 spiro atoms. The average Bonchev–Trinajstić information content (AvgIpc) is 2.64. The lowest BCUT2D eigenvalue weighted by atomic mass is 10.2. The first-order valence-corrected chi connectivity index (χ1v) is 7.03. The molecule has 0 aliphatic carbocycles. The number of carbonyl (C=O) groups is 1. The number of carboxylic acid groups (broad SMARTS) is 1. The fraction of sp³-hybridized carbons (Fsp3) is 0.533. The highest BCUT2D eigenvalue weighted by Crippen LogP contribution is 2.17. The molecule has 1 aromatic rings. The van der Waals surface area contributed by atoms with Crippen LogP contribution in [0.25, 0.3) is 0 Å². The van der Waals surface area contributed by atoms with Gasteiger partial charge in [-0.3, -0.25) is 4.90 Å². The van der Waals surface area contributed by atoms with Crippen molar-refractivity contribution in [3.63, 3.8) is 0 Å². The highest BCUT2D eigenvalue weighted by molar-refractivity contribution is 5.90. The van der Waals surface area contributed by atoms with Crippen LogP contribution in [0.15, 0.2) is 24.3 Å². The molecular formula is C15H22N2O3. The summed E-state index contributed by atoms with van der Waals surface area (Å²) in [5, 5.41) is 9.08. The van der Waals surface area contributed by atoms with Gasteiger partial charge < -0.3 is 14.7 Å². The minimum Gasteiger partial charge on any atom is -0.491 e. The van der Waals surface area contributed by atoms with E-state index >= 15 is 0 Å². The first kappa shape index (κ1) is 14.8. The Balaban J connectivity index is 1.82. The summed E-state index contributed by atoms with van der Waals surface area (Å²) in [6.07, 6.45) is 1.17. The maximum atomic E-state index is 11.1. The van der Waals surface area contributed by atoms with E-state index in [4.69, 9.17) is 9.84 Å². The van der Waals surface area contributed by atoms with Crippen molar-refractivity contribution in [2.24, 2.45) is 0 Å². The first-order chi connectivity index (χ1) is 9.66. The smallest absolute Gasteiger partial charge is 0.339 e. The van der Waals surface area contributed by atoms with E-state index in [-0.39, 0.29) is 5.56 Å². The van der Waals surface area contributed by atoms with Crippen LogP contribution in [0.2, 0.25) is 0 Å². The van der Waals surface area contributed by atoms with E-state index in [2.05, 4.69) is 16.8 Å². The third kappa shape index (κ3) is 4.21. The molecule has 1 saturated heterocycles. The van der Waals surface area contributed by atoms with Gasteiger partial charge in [0, 0.05) is 19.6 Å². The lowest BCUT2D eigenvalue weighted by molar-refractivity contribution is 0.0691. The molecule has 0 unspecified atom stereocenters. The summed E-state index contributed by atoms with van der Waals surface area (Å²) in [6, 6.07) is 6.78. The Morgan fingerprint density at radius 2 is 2.05 bits per heavy atom. The Kier molecular flexibility index (Phi) is 5.38. The zero-order valence-electron chi connectivity index (χ0n) is 11.9. The summed E-state index contributed by atoms with van der Waals surface area (Å²) in [7, 11) is 2.14. The van der Waals surface area contributed by atoms with Crippen molar-refractivity contribution in [3.8, 4) is 5.75 Å². The molecule has 5 heteroatoms. The van der Waals surface area contributed by atoms with Gasteiger partial charge in [0.25, 0.3) is 0 Å². The molecule has 0 amide bonds. The van der Waals surface area contributed by atoms with Gasteiger partial charge in [0.1, 0.15) is 17.9 Å². The Morgan fingerprint density at radius 1 is 1.25 bits per heavy atom. The number of hydrogen-bond acceptors (Lipinski definition) is 4. The van der Waals surface area contributed by atoms with Gasteiger partial charge >= 0.3 is 5.97 Å². The highest BCUT2D eigenvalue weighted by atomic mass is 16.5. The molecule has 0 saturated carbocycles. The molecule has 1 aliphatic heterocycles. The second kappa shape index (κ2) is 7.26. The molecule has 1 fully saturated rings. The quantitative estimate of drug-likeness (QED) is 0.882. The van der Waals surface area contributed by atoms with Crippen molar-refractivity contribution in [2.75, 3.05) is 46.4 Å².